The van der Waals surface area contributed by atoms with Crippen molar-refractivity contribution in [2.24, 2.45) is 0 Å². The summed E-state index contributed by atoms with van der Waals surface area (Å²) in [5.41, 5.74) is 2.60. The van der Waals surface area contributed by atoms with E-state index in [9.17, 15) is 4.39 Å². The Balaban J connectivity index is 1.49. The van der Waals surface area contributed by atoms with Crippen molar-refractivity contribution in [2.45, 2.75) is 23.0 Å². The van der Waals surface area contributed by atoms with E-state index in [1.165, 1.54) is 17.0 Å². The molecule has 0 unspecified atom stereocenters. The predicted molar refractivity (Wildman–Crippen MR) is 111 cm³/mol. The maximum Gasteiger partial charge on any atom is 0.160 e. The first kappa shape index (κ1) is 17.5. The fraction of sp³-hybridized carbons (Fsp3) is 0.238. The van der Waals surface area contributed by atoms with Gasteiger partial charge in [0.25, 0.3) is 0 Å². The number of nitrogens with one attached hydrogen (secondary N) is 2. The summed E-state index contributed by atoms with van der Waals surface area (Å²) in [6.45, 7) is 1.67. The highest BCUT2D eigenvalue weighted by molar-refractivity contribution is 8.00. The van der Waals surface area contributed by atoms with Crippen molar-refractivity contribution in [1.82, 2.24) is 15.2 Å². The molecule has 2 aromatic carbocycles. The molecule has 2 N–H and O–H groups in total. The first-order chi connectivity index (χ1) is 13.8. The highest BCUT2D eigenvalue weighted by atomic mass is 32.2. The molecular formula is C21H19FN4OS. The number of fused-ring (bicyclic) bond motifs is 2. The Kier molecular flexibility index (Phi) is 4.62. The largest absolute Gasteiger partial charge is 0.381 e. The summed E-state index contributed by atoms with van der Waals surface area (Å²) in [5.74, 6) is 0.316. The number of thioether (sulfide) groups is 1. The van der Waals surface area contributed by atoms with E-state index in [1.807, 2.05) is 23.9 Å². The van der Waals surface area contributed by atoms with E-state index in [-0.39, 0.29) is 5.82 Å². The van der Waals surface area contributed by atoms with Gasteiger partial charge < -0.3 is 10.1 Å². The molecule has 1 fully saturated rings. The SMILES string of the molecule is Fc1ccc2[nH]nc(Nc3ccnc4ccc(SC5CCOCC5)cc34)c2c1. The molecule has 4 aromatic rings. The van der Waals surface area contributed by atoms with E-state index >= 15 is 0 Å². The number of hydrogen-bond acceptors (Lipinski definition) is 5. The zero-order valence-corrected chi connectivity index (χ0v) is 15.9. The minimum Gasteiger partial charge on any atom is -0.381 e. The summed E-state index contributed by atoms with van der Waals surface area (Å²) in [4.78, 5) is 5.69. The van der Waals surface area contributed by atoms with Gasteiger partial charge >= 0.3 is 0 Å². The zero-order valence-electron chi connectivity index (χ0n) is 15.1. The van der Waals surface area contributed by atoms with E-state index in [0.717, 1.165) is 53.5 Å². The van der Waals surface area contributed by atoms with Crippen LogP contribution in [0, 0.1) is 5.82 Å². The normalized spacial score (nSPS) is 15.3. The van der Waals surface area contributed by atoms with Crippen molar-refractivity contribution < 1.29 is 9.13 Å². The highest BCUT2D eigenvalue weighted by Gasteiger charge is 2.16. The van der Waals surface area contributed by atoms with Crippen LogP contribution in [0.4, 0.5) is 15.9 Å². The number of halogens is 1. The molecule has 2 aromatic heterocycles. The van der Waals surface area contributed by atoms with Gasteiger partial charge in [-0.2, -0.15) is 5.10 Å². The number of aromatic amines is 1. The van der Waals surface area contributed by atoms with Crippen molar-refractivity contribution in [1.29, 1.82) is 0 Å². The van der Waals surface area contributed by atoms with Gasteiger partial charge in [0.05, 0.1) is 16.7 Å². The number of rotatable bonds is 4. The molecule has 0 atom stereocenters. The lowest BCUT2D eigenvalue weighted by molar-refractivity contribution is 0.100. The molecule has 5 rings (SSSR count). The number of anilines is 2. The maximum absolute atomic E-state index is 13.7. The Labute approximate surface area is 165 Å². The van der Waals surface area contributed by atoms with Crippen LogP contribution in [0.1, 0.15) is 12.8 Å². The van der Waals surface area contributed by atoms with Crippen molar-refractivity contribution in [3.05, 3.63) is 54.5 Å². The Morgan fingerprint density at radius 1 is 1.07 bits per heavy atom. The molecule has 0 amide bonds. The Morgan fingerprint density at radius 3 is 2.86 bits per heavy atom. The molecule has 1 aliphatic heterocycles. The highest BCUT2D eigenvalue weighted by Crippen LogP contribution is 2.34. The molecule has 0 aliphatic carbocycles. The van der Waals surface area contributed by atoms with Gasteiger partial charge in [0.15, 0.2) is 5.82 Å². The first-order valence-electron chi connectivity index (χ1n) is 9.30. The number of hydrogen-bond donors (Lipinski definition) is 2. The van der Waals surface area contributed by atoms with Gasteiger partial charge in [0, 0.05) is 40.3 Å². The fourth-order valence-corrected chi connectivity index (χ4v) is 4.65. The molecule has 1 saturated heterocycles. The van der Waals surface area contributed by atoms with Crippen molar-refractivity contribution in [3.8, 4) is 0 Å². The molecule has 142 valence electrons. The van der Waals surface area contributed by atoms with Gasteiger partial charge in [-0.25, -0.2) is 4.39 Å². The van der Waals surface area contributed by atoms with Gasteiger partial charge in [-0.1, -0.05) is 0 Å². The summed E-state index contributed by atoms with van der Waals surface area (Å²) in [7, 11) is 0. The smallest absolute Gasteiger partial charge is 0.160 e. The predicted octanol–water partition coefficient (Wildman–Crippen LogP) is 5.26. The second-order valence-electron chi connectivity index (χ2n) is 6.85. The Morgan fingerprint density at radius 2 is 1.96 bits per heavy atom. The monoisotopic (exact) mass is 394 g/mol. The van der Waals surface area contributed by atoms with Crippen molar-refractivity contribution in [2.75, 3.05) is 18.5 Å². The number of H-pyrrole nitrogens is 1. The van der Waals surface area contributed by atoms with Crippen LogP contribution in [0.25, 0.3) is 21.8 Å². The maximum atomic E-state index is 13.7. The molecule has 0 saturated carbocycles. The molecule has 0 bridgehead atoms. The van der Waals surface area contributed by atoms with Gasteiger partial charge in [0.1, 0.15) is 5.82 Å². The fourth-order valence-electron chi connectivity index (χ4n) is 3.50. The molecule has 5 nitrogen and oxygen atoms in total. The lowest BCUT2D eigenvalue weighted by Crippen LogP contribution is -2.17. The van der Waals surface area contributed by atoms with E-state index in [1.54, 1.807) is 12.3 Å². The number of pyridine rings is 1. The van der Waals surface area contributed by atoms with E-state index in [4.69, 9.17) is 4.74 Å². The summed E-state index contributed by atoms with van der Waals surface area (Å²) >= 11 is 1.89. The van der Waals surface area contributed by atoms with Crippen LogP contribution >= 0.6 is 11.8 Å². The molecule has 0 spiro atoms. The zero-order chi connectivity index (χ0) is 18.9. The average Bonchev–Trinajstić information content (AvgIpc) is 3.11. The summed E-state index contributed by atoms with van der Waals surface area (Å²) in [6.07, 6.45) is 3.92. The molecular weight excluding hydrogens is 375 g/mol. The third kappa shape index (κ3) is 3.43. The second kappa shape index (κ2) is 7.41. The number of ether oxygens (including phenoxy) is 1. The quantitative estimate of drug-likeness (QED) is 0.494. The molecule has 1 aliphatic rings. The minimum absolute atomic E-state index is 0.285. The van der Waals surface area contributed by atoms with Gasteiger partial charge in [0.2, 0.25) is 0 Å². The second-order valence-corrected chi connectivity index (χ2v) is 8.23. The van der Waals surface area contributed by atoms with Crippen LogP contribution in [0.2, 0.25) is 0 Å². The third-order valence-corrected chi connectivity index (χ3v) is 6.29. The lowest BCUT2D eigenvalue weighted by Gasteiger charge is -2.21. The minimum atomic E-state index is -0.285. The van der Waals surface area contributed by atoms with Crippen LogP contribution < -0.4 is 5.32 Å². The molecule has 7 heteroatoms. The van der Waals surface area contributed by atoms with Crippen molar-refractivity contribution >= 4 is 45.1 Å². The van der Waals surface area contributed by atoms with E-state index < -0.39 is 0 Å². The third-order valence-electron chi connectivity index (χ3n) is 4.96. The van der Waals surface area contributed by atoms with Crippen LogP contribution in [-0.2, 0) is 4.74 Å². The lowest BCUT2D eigenvalue weighted by atomic mass is 10.2. The Bertz CT molecular complexity index is 1140. The van der Waals surface area contributed by atoms with Gasteiger partial charge in [-0.3, -0.25) is 10.1 Å². The summed E-state index contributed by atoms with van der Waals surface area (Å²) in [6, 6.07) is 12.9. The average molecular weight is 394 g/mol. The molecule has 3 heterocycles. The molecule has 28 heavy (non-hydrogen) atoms. The Hall–Kier alpha value is -2.64. The van der Waals surface area contributed by atoms with Crippen LogP contribution in [0.15, 0.2) is 53.6 Å². The van der Waals surface area contributed by atoms with E-state index in [0.29, 0.717) is 11.1 Å². The van der Waals surface area contributed by atoms with Gasteiger partial charge in [-0.15, -0.1) is 11.8 Å². The molecule has 0 radical (unpaired) electrons. The van der Waals surface area contributed by atoms with Crippen LogP contribution in [0.5, 0.6) is 0 Å². The summed E-state index contributed by atoms with van der Waals surface area (Å²) in [5, 5.41) is 12.9. The standard InChI is InChI=1S/C21H19FN4OS/c22-13-1-3-20-17(11-13)21(26-25-20)24-19-5-8-23-18-4-2-15(12-16(18)19)28-14-6-9-27-10-7-14/h1-5,8,11-12,14H,6-7,9-10H2,(H2,23,24,25,26). The van der Waals surface area contributed by atoms with Crippen LogP contribution in [-0.4, -0.2) is 33.6 Å². The summed E-state index contributed by atoms with van der Waals surface area (Å²) < 4.78 is 19.1. The number of aromatic nitrogens is 3. The first-order valence-corrected chi connectivity index (χ1v) is 10.2. The van der Waals surface area contributed by atoms with E-state index in [2.05, 4.69) is 32.6 Å². The van der Waals surface area contributed by atoms with Crippen molar-refractivity contribution in [3.63, 3.8) is 0 Å². The van der Waals surface area contributed by atoms with Crippen LogP contribution in [0.3, 0.4) is 0 Å². The number of nitrogens with zero attached hydrogens (tertiary/aromatic N) is 2. The topological polar surface area (TPSA) is 62.8 Å². The number of benzene rings is 2. The van der Waals surface area contributed by atoms with Gasteiger partial charge in [-0.05, 0) is 55.3 Å².